The molecule has 2 N–H and O–H groups in total. The Morgan fingerprint density at radius 3 is 2.20 bits per heavy atom. The van der Waals surface area contributed by atoms with E-state index in [9.17, 15) is 4.57 Å². The fourth-order valence-electron chi connectivity index (χ4n) is 0.230. The Bertz CT molecular complexity index is 172. The number of nitrogens with zero attached hydrogens (tertiary/aromatic N) is 1. The van der Waals surface area contributed by atoms with Crippen molar-refractivity contribution in [1.82, 2.24) is 0 Å². The van der Waals surface area contributed by atoms with Crippen molar-refractivity contribution in [3.05, 3.63) is 0 Å². The first-order valence-electron chi connectivity index (χ1n) is 2.09. The van der Waals surface area contributed by atoms with Crippen LogP contribution in [-0.4, -0.2) is 45.4 Å². The molecular weight excluding hydrogens is 168 g/mol. The predicted octanol–water partition coefficient (Wildman–Crippen LogP) is -0.641. The molecule has 0 radical (unpaired) electrons. The summed E-state index contributed by atoms with van der Waals surface area (Å²) in [5, 5.41) is 7.98. The van der Waals surface area contributed by atoms with Gasteiger partial charge in [-0.1, -0.05) is 0 Å². The molecule has 0 amide bonds. The van der Waals surface area contributed by atoms with Crippen molar-refractivity contribution < 1.29 is 18.9 Å². The number of nitriles is 1. The fraction of sp³-hybridized carbons (Fsp3) is 0.667. The molecule has 0 spiro atoms. The molecule has 0 aliphatic carbocycles. The average molecular weight is 175 g/mol. The molecule has 1 unspecified atom stereocenters. The van der Waals surface area contributed by atoms with Crippen LogP contribution < -0.4 is 0 Å². The van der Waals surface area contributed by atoms with Gasteiger partial charge in [-0.05, 0) is 6.92 Å². The van der Waals surface area contributed by atoms with E-state index in [0.717, 1.165) is 0 Å². The van der Waals surface area contributed by atoms with Crippen molar-refractivity contribution in [2.75, 3.05) is 0 Å². The van der Waals surface area contributed by atoms with E-state index < -0.39 is 13.9 Å². The van der Waals surface area contributed by atoms with Crippen LogP contribution in [0.2, 0.25) is 0 Å². The Kier molecular flexibility index (Phi) is 6.97. The van der Waals surface area contributed by atoms with E-state index in [0.29, 0.717) is 0 Å². The molecule has 5 nitrogen and oxygen atoms in total. The van der Waals surface area contributed by atoms with Crippen molar-refractivity contribution in [3.63, 3.8) is 0 Å². The SMILES string of the molecule is CC(C#N)OP(=O)(O)O.[NaH]. The van der Waals surface area contributed by atoms with E-state index in [-0.39, 0.29) is 29.6 Å². The average Bonchev–Trinajstić information content (AvgIpc) is 1.62. The van der Waals surface area contributed by atoms with Gasteiger partial charge in [0.15, 0.2) is 6.10 Å². The minimum absolute atomic E-state index is 0. The molecule has 0 aromatic carbocycles. The van der Waals surface area contributed by atoms with Crippen LogP contribution in [-0.2, 0) is 9.09 Å². The Labute approximate surface area is 80.5 Å². The van der Waals surface area contributed by atoms with Crippen molar-refractivity contribution in [3.8, 4) is 6.07 Å². The fourth-order valence-corrected chi connectivity index (χ4v) is 0.689. The summed E-state index contributed by atoms with van der Waals surface area (Å²) >= 11 is 0. The van der Waals surface area contributed by atoms with Gasteiger partial charge in [0.2, 0.25) is 0 Å². The van der Waals surface area contributed by atoms with Crippen molar-refractivity contribution in [1.29, 1.82) is 5.26 Å². The molecule has 54 valence electrons. The van der Waals surface area contributed by atoms with Gasteiger partial charge in [-0.2, -0.15) is 5.26 Å². The predicted molar refractivity (Wildman–Crippen MR) is 35.4 cm³/mol. The maximum absolute atomic E-state index is 9.92. The molecule has 1 atom stereocenters. The van der Waals surface area contributed by atoms with Crippen LogP contribution in [0.5, 0.6) is 0 Å². The molecule has 0 aromatic rings. The standard InChI is InChI=1S/C3H6NO4P.Na.H/c1-3(2-4)8-9(5,6)7;;/h3H,1H3,(H2,5,6,7);;. The second-order valence-electron chi connectivity index (χ2n) is 1.37. The van der Waals surface area contributed by atoms with Gasteiger partial charge in [-0.3, -0.25) is 4.52 Å². The van der Waals surface area contributed by atoms with Gasteiger partial charge in [0.25, 0.3) is 0 Å². The number of phosphoric acid groups is 1. The zero-order valence-corrected chi connectivity index (χ0v) is 5.58. The Morgan fingerprint density at radius 1 is 1.70 bits per heavy atom. The summed E-state index contributed by atoms with van der Waals surface area (Å²) < 4.78 is 13.8. The molecule has 10 heavy (non-hydrogen) atoms. The molecular formula is C3H7NNaO4P. The molecule has 0 saturated heterocycles. The van der Waals surface area contributed by atoms with Crippen molar-refractivity contribution in [2.24, 2.45) is 0 Å². The number of rotatable bonds is 2. The molecule has 0 heterocycles. The Hall–Kier alpha value is 0.600. The Balaban J connectivity index is 0. The van der Waals surface area contributed by atoms with Crippen LogP contribution in [0, 0.1) is 11.3 Å². The molecule has 0 saturated carbocycles. The third kappa shape index (κ3) is 8.60. The molecule has 0 aromatic heterocycles. The number of phosphoric ester groups is 1. The van der Waals surface area contributed by atoms with Gasteiger partial charge in [-0.15, -0.1) is 0 Å². The summed E-state index contributed by atoms with van der Waals surface area (Å²) in [7, 11) is -4.46. The van der Waals surface area contributed by atoms with Crippen LogP contribution in [0.1, 0.15) is 6.92 Å². The van der Waals surface area contributed by atoms with Crippen molar-refractivity contribution >= 4 is 37.4 Å². The van der Waals surface area contributed by atoms with Crippen LogP contribution in [0.4, 0.5) is 0 Å². The Morgan fingerprint density at radius 2 is 2.10 bits per heavy atom. The summed E-state index contributed by atoms with van der Waals surface area (Å²) in [6.07, 6.45) is -1.06. The quantitative estimate of drug-likeness (QED) is 0.430. The molecule has 0 aliphatic rings. The second kappa shape index (κ2) is 5.28. The van der Waals surface area contributed by atoms with Gasteiger partial charge in [0, 0.05) is 0 Å². The summed E-state index contributed by atoms with van der Waals surface area (Å²) in [5.74, 6) is 0. The zero-order chi connectivity index (χ0) is 7.49. The number of hydrogen-bond acceptors (Lipinski definition) is 3. The van der Waals surface area contributed by atoms with Crippen LogP contribution >= 0.6 is 7.82 Å². The van der Waals surface area contributed by atoms with E-state index in [2.05, 4.69) is 4.52 Å². The first-order chi connectivity index (χ1) is 3.95. The molecule has 0 bridgehead atoms. The monoisotopic (exact) mass is 175 g/mol. The van der Waals surface area contributed by atoms with Crippen LogP contribution in [0.25, 0.3) is 0 Å². The summed E-state index contributed by atoms with van der Waals surface area (Å²) in [5.41, 5.74) is 0. The summed E-state index contributed by atoms with van der Waals surface area (Å²) in [6, 6.07) is 1.51. The third-order valence-corrected chi connectivity index (χ3v) is 1.07. The molecule has 0 rings (SSSR count). The van der Waals surface area contributed by atoms with Crippen LogP contribution in [0.15, 0.2) is 0 Å². The minimum atomic E-state index is -4.46. The zero-order valence-electron chi connectivity index (χ0n) is 4.68. The van der Waals surface area contributed by atoms with Gasteiger partial charge < -0.3 is 9.79 Å². The van der Waals surface area contributed by atoms with E-state index >= 15 is 0 Å². The summed E-state index contributed by atoms with van der Waals surface area (Å²) in [4.78, 5) is 16.1. The van der Waals surface area contributed by atoms with E-state index in [1.165, 1.54) is 13.0 Å². The first kappa shape index (κ1) is 13.2. The second-order valence-corrected chi connectivity index (χ2v) is 2.56. The van der Waals surface area contributed by atoms with Gasteiger partial charge in [-0.25, -0.2) is 4.57 Å². The van der Waals surface area contributed by atoms with Gasteiger partial charge in [0.05, 0.1) is 6.07 Å². The summed E-state index contributed by atoms with van der Waals surface area (Å²) in [6.45, 7) is 1.25. The third-order valence-electron chi connectivity index (χ3n) is 0.477. The number of hydrogen-bond donors (Lipinski definition) is 2. The first-order valence-corrected chi connectivity index (χ1v) is 3.62. The maximum atomic E-state index is 9.92. The topological polar surface area (TPSA) is 90.5 Å². The van der Waals surface area contributed by atoms with E-state index in [4.69, 9.17) is 15.0 Å². The van der Waals surface area contributed by atoms with Gasteiger partial charge >= 0.3 is 37.4 Å². The van der Waals surface area contributed by atoms with Gasteiger partial charge in [0.1, 0.15) is 0 Å². The van der Waals surface area contributed by atoms with Crippen molar-refractivity contribution in [2.45, 2.75) is 13.0 Å². The molecule has 0 aliphatic heterocycles. The molecule has 7 heteroatoms. The van der Waals surface area contributed by atoms with E-state index in [1.54, 1.807) is 0 Å². The van der Waals surface area contributed by atoms with E-state index in [1.807, 2.05) is 0 Å². The van der Waals surface area contributed by atoms with Crippen LogP contribution in [0.3, 0.4) is 0 Å². The normalized spacial score (nSPS) is 13.0. The molecule has 0 fully saturated rings.